The molecule has 3 nitrogen and oxygen atoms in total. The first kappa shape index (κ1) is 13.9. The summed E-state index contributed by atoms with van der Waals surface area (Å²) in [5.41, 5.74) is 1.61. The molecule has 0 aliphatic heterocycles. The molecule has 2 aromatic rings. The van der Waals surface area contributed by atoms with Gasteiger partial charge in [-0.15, -0.1) is 0 Å². The van der Waals surface area contributed by atoms with Crippen LogP contribution in [-0.4, -0.2) is 10.2 Å². The van der Waals surface area contributed by atoms with E-state index in [-0.39, 0.29) is 5.75 Å². The Kier molecular flexibility index (Phi) is 4.45. The summed E-state index contributed by atoms with van der Waals surface area (Å²) in [6.07, 6.45) is -0.600. The first-order valence-corrected chi connectivity index (χ1v) is 6.74. The number of rotatable bonds is 4. The molecule has 19 heavy (non-hydrogen) atoms. The predicted molar refractivity (Wildman–Crippen MR) is 77.2 cm³/mol. The highest BCUT2D eigenvalue weighted by Gasteiger charge is 2.10. The Morgan fingerprint density at radius 2 is 2.00 bits per heavy atom. The fourth-order valence-corrected chi connectivity index (χ4v) is 2.16. The van der Waals surface area contributed by atoms with Crippen molar-refractivity contribution in [2.24, 2.45) is 0 Å². The van der Waals surface area contributed by atoms with Crippen LogP contribution in [0.4, 0.5) is 0 Å². The van der Waals surface area contributed by atoms with Crippen molar-refractivity contribution in [2.45, 2.75) is 19.6 Å². The molecule has 0 saturated heterocycles. The molecule has 2 aromatic carbocycles. The van der Waals surface area contributed by atoms with E-state index in [2.05, 4.69) is 15.9 Å². The van der Waals surface area contributed by atoms with Crippen LogP contribution in [0.1, 0.15) is 24.2 Å². The lowest BCUT2D eigenvalue weighted by Crippen LogP contribution is -2.01. The fourth-order valence-electron chi connectivity index (χ4n) is 1.78. The Labute approximate surface area is 120 Å². The van der Waals surface area contributed by atoms with Crippen LogP contribution in [0.25, 0.3) is 0 Å². The van der Waals surface area contributed by atoms with Crippen molar-refractivity contribution in [2.75, 3.05) is 0 Å². The number of ether oxygens (including phenoxy) is 1. The Morgan fingerprint density at radius 1 is 1.21 bits per heavy atom. The number of benzene rings is 2. The van der Waals surface area contributed by atoms with Gasteiger partial charge in [0.15, 0.2) is 0 Å². The zero-order valence-electron chi connectivity index (χ0n) is 10.5. The molecule has 0 fully saturated rings. The van der Waals surface area contributed by atoms with E-state index >= 15 is 0 Å². The van der Waals surface area contributed by atoms with E-state index in [1.54, 1.807) is 25.1 Å². The standard InChI is InChI=1S/C15H15BrO3/c1-10(17)14-8-12(16)5-6-15(14)19-9-11-3-2-4-13(18)7-11/h2-8,10,17-18H,9H2,1H3. The highest BCUT2D eigenvalue weighted by atomic mass is 79.9. The summed E-state index contributed by atoms with van der Waals surface area (Å²) in [5.74, 6) is 0.856. The lowest BCUT2D eigenvalue weighted by atomic mass is 10.1. The second kappa shape index (κ2) is 6.08. The summed E-state index contributed by atoms with van der Waals surface area (Å²) in [6.45, 7) is 2.04. The summed E-state index contributed by atoms with van der Waals surface area (Å²) in [5, 5.41) is 19.1. The Morgan fingerprint density at radius 3 is 2.68 bits per heavy atom. The molecular weight excluding hydrogens is 308 g/mol. The SMILES string of the molecule is CC(O)c1cc(Br)ccc1OCc1cccc(O)c1. The number of hydrogen-bond donors (Lipinski definition) is 2. The summed E-state index contributed by atoms with van der Waals surface area (Å²) < 4.78 is 6.60. The molecule has 0 radical (unpaired) electrons. The van der Waals surface area contributed by atoms with Crippen molar-refractivity contribution in [3.63, 3.8) is 0 Å². The molecular formula is C15H15BrO3. The molecule has 0 bridgehead atoms. The topological polar surface area (TPSA) is 49.7 Å². The maximum absolute atomic E-state index is 9.73. The molecule has 2 rings (SSSR count). The third-order valence-corrected chi connectivity index (χ3v) is 3.22. The first-order chi connectivity index (χ1) is 9.06. The second-order valence-electron chi connectivity index (χ2n) is 4.32. The van der Waals surface area contributed by atoms with Crippen LogP contribution in [-0.2, 0) is 6.61 Å². The van der Waals surface area contributed by atoms with Crippen molar-refractivity contribution in [1.82, 2.24) is 0 Å². The molecule has 2 N–H and O–H groups in total. The average molecular weight is 323 g/mol. The normalized spacial score (nSPS) is 12.2. The van der Waals surface area contributed by atoms with E-state index in [1.165, 1.54) is 0 Å². The highest BCUT2D eigenvalue weighted by Crippen LogP contribution is 2.29. The predicted octanol–water partition coefficient (Wildman–Crippen LogP) is 3.79. The monoisotopic (exact) mass is 322 g/mol. The van der Waals surface area contributed by atoms with Crippen LogP contribution >= 0.6 is 15.9 Å². The molecule has 0 spiro atoms. The van der Waals surface area contributed by atoms with Gasteiger partial charge in [0, 0.05) is 10.0 Å². The molecule has 0 saturated carbocycles. The number of aromatic hydroxyl groups is 1. The van der Waals surface area contributed by atoms with Gasteiger partial charge >= 0.3 is 0 Å². The zero-order chi connectivity index (χ0) is 13.8. The number of hydrogen-bond acceptors (Lipinski definition) is 3. The van der Waals surface area contributed by atoms with Gasteiger partial charge in [-0.25, -0.2) is 0 Å². The highest BCUT2D eigenvalue weighted by molar-refractivity contribution is 9.10. The van der Waals surface area contributed by atoms with E-state index in [4.69, 9.17) is 4.74 Å². The Bertz CT molecular complexity index is 567. The molecule has 1 atom stereocenters. The number of aliphatic hydroxyl groups excluding tert-OH is 1. The smallest absolute Gasteiger partial charge is 0.125 e. The van der Waals surface area contributed by atoms with Crippen molar-refractivity contribution < 1.29 is 14.9 Å². The lowest BCUT2D eigenvalue weighted by Gasteiger charge is -2.14. The maximum Gasteiger partial charge on any atom is 0.125 e. The van der Waals surface area contributed by atoms with Crippen LogP contribution in [0.5, 0.6) is 11.5 Å². The minimum atomic E-state index is -0.600. The van der Waals surface area contributed by atoms with Crippen molar-refractivity contribution in [3.05, 3.63) is 58.1 Å². The summed E-state index contributed by atoms with van der Waals surface area (Å²) in [7, 11) is 0. The zero-order valence-corrected chi connectivity index (χ0v) is 12.1. The maximum atomic E-state index is 9.73. The van der Waals surface area contributed by atoms with Crippen LogP contribution in [0.3, 0.4) is 0 Å². The molecule has 100 valence electrons. The van der Waals surface area contributed by atoms with Gasteiger partial charge in [-0.05, 0) is 42.8 Å². The first-order valence-electron chi connectivity index (χ1n) is 5.94. The van der Waals surface area contributed by atoms with E-state index in [9.17, 15) is 10.2 Å². The largest absolute Gasteiger partial charge is 0.508 e. The van der Waals surface area contributed by atoms with E-state index < -0.39 is 6.10 Å². The number of phenols is 1. The van der Waals surface area contributed by atoms with Crippen LogP contribution in [0.2, 0.25) is 0 Å². The summed E-state index contributed by atoms with van der Waals surface area (Å²) in [4.78, 5) is 0. The average Bonchev–Trinajstić information content (AvgIpc) is 2.37. The van der Waals surface area contributed by atoms with E-state index in [0.717, 1.165) is 15.6 Å². The molecule has 4 heteroatoms. The van der Waals surface area contributed by atoms with Crippen LogP contribution in [0, 0.1) is 0 Å². The third kappa shape index (κ3) is 3.72. The van der Waals surface area contributed by atoms with Crippen LogP contribution < -0.4 is 4.74 Å². The van der Waals surface area contributed by atoms with Crippen molar-refractivity contribution >= 4 is 15.9 Å². The summed E-state index contributed by atoms with van der Waals surface area (Å²) in [6, 6.07) is 12.4. The molecule has 1 unspecified atom stereocenters. The molecule has 0 heterocycles. The third-order valence-electron chi connectivity index (χ3n) is 2.73. The molecule has 0 aliphatic carbocycles. The summed E-state index contributed by atoms with van der Waals surface area (Å²) >= 11 is 3.37. The Hall–Kier alpha value is -1.52. The minimum Gasteiger partial charge on any atom is -0.508 e. The van der Waals surface area contributed by atoms with Gasteiger partial charge in [-0.3, -0.25) is 0 Å². The van der Waals surface area contributed by atoms with Crippen molar-refractivity contribution in [1.29, 1.82) is 0 Å². The second-order valence-corrected chi connectivity index (χ2v) is 5.23. The van der Waals surface area contributed by atoms with Crippen LogP contribution in [0.15, 0.2) is 46.9 Å². The minimum absolute atomic E-state index is 0.215. The van der Waals surface area contributed by atoms with Gasteiger partial charge in [0.25, 0.3) is 0 Å². The van der Waals surface area contributed by atoms with Crippen molar-refractivity contribution in [3.8, 4) is 11.5 Å². The van der Waals surface area contributed by atoms with Gasteiger partial charge < -0.3 is 14.9 Å². The lowest BCUT2D eigenvalue weighted by molar-refractivity contribution is 0.190. The van der Waals surface area contributed by atoms with Gasteiger partial charge in [-0.1, -0.05) is 28.1 Å². The molecule has 0 amide bonds. The fraction of sp³-hybridized carbons (Fsp3) is 0.200. The molecule has 0 aromatic heterocycles. The Balaban J connectivity index is 2.15. The quantitative estimate of drug-likeness (QED) is 0.900. The van der Waals surface area contributed by atoms with E-state index in [1.807, 2.05) is 24.3 Å². The van der Waals surface area contributed by atoms with Gasteiger partial charge in [0.2, 0.25) is 0 Å². The van der Waals surface area contributed by atoms with E-state index in [0.29, 0.717) is 12.4 Å². The number of aliphatic hydroxyl groups is 1. The number of phenolic OH excluding ortho intramolecular Hbond substituents is 1. The molecule has 0 aliphatic rings. The van der Waals surface area contributed by atoms with Gasteiger partial charge in [-0.2, -0.15) is 0 Å². The number of halogens is 1. The van der Waals surface area contributed by atoms with Gasteiger partial charge in [0.1, 0.15) is 18.1 Å². The van der Waals surface area contributed by atoms with Gasteiger partial charge in [0.05, 0.1) is 6.10 Å².